The molecule has 0 unspecified atom stereocenters. The summed E-state index contributed by atoms with van der Waals surface area (Å²) in [5, 5.41) is 3.34. The highest BCUT2D eigenvalue weighted by Gasteiger charge is 2.01. The lowest BCUT2D eigenvalue weighted by atomic mass is 10.6. The van der Waals surface area contributed by atoms with E-state index < -0.39 is 0 Å². The summed E-state index contributed by atoms with van der Waals surface area (Å²) in [6.45, 7) is 0.267. The molecule has 0 bridgehead atoms. The van der Waals surface area contributed by atoms with Crippen molar-refractivity contribution in [2.45, 2.75) is 5.03 Å². The third-order valence-corrected chi connectivity index (χ3v) is 2.24. The lowest BCUT2D eigenvalue weighted by Crippen LogP contribution is -2.25. The van der Waals surface area contributed by atoms with Crippen molar-refractivity contribution in [3.05, 3.63) is 18.6 Å². The van der Waals surface area contributed by atoms with E-state index in [2.05, 4.69) is 21.2 Å². The molecule has 1 aromatic rings. The fourth-order valence-electron chi connectivity index (χ4n) is 0.704. The molecule has 1 N–H and O–H groups in total. The Hall–Kier alpha value is -1.54. The van der Waals surface area contributed by atoms with Crippen LogP contribution < -0.4 is 5.32 Å². The van der Waals surface area contributed by atoms with Gasteiger partial charge in [0.05, 0.1) is 17.3 Å². The predicted molar refractivity (Wildman–Crippen MR) is 54.6 cm³/mol. The number of amides is 1. The number of terminal acetylenes is 1. The summed E-state index contributed by atoms with van der Waals surface area (Å²) in [5.41, 5.74) is 0. The van der Waals surface area contributed by atoms with Gasteiger partial charge in [-0.15, -0.1) is 6.42 Å². The molecule has 1 aromatic heterocycles. The zero-order chi connectivity index (χ0) is 10.2. The summed E-state index contributed by atoms with van der Waals surface area (Å²) >= 11 is 1.35. The first kappa shape index (κ1) is 10.5. The molecule has 0 aliphatic rings. The Labute approximate surface area is 86.5 Å². The lowest BCUT2D eigenvalue weighted by molar-refractivity contribution is -0.118. The average Bonchev–Trinajstić information content (AvgIpc) is 2.25. The van der Waals surface area contributed by atoms with Gasteiger partial charge in [0.15, 0.2) is 0 Å². The molecule has 5 heteroatoms. The Kier molecular flexibility index (Phi) is 4.51. The molecule has 0 saturated carbocycles. The van der Waals surface area contributed by atoms with Crippen LogP contribution in [0, 0.1) is 12.3 Å². The van der Waals surface area contributed by atoms with Crippen LogP contribution in [0.25, 0.3) is 0 Å². The van der Waals surface area contributed by atoms with Crippen LogP contribution in [0.15, 0.2) is 23.6 Å². The van der Waals surface area contributed by atoms with E-state index in [0.717, 1.165) is 5.03 Å². The highest BCUT2D eigenvalue weighted by atomic mass is 32.2. The molecule has 4 nitrogen and oxygen atoms in total. The first-order chi connectivity index (χ1) is 6.83. The summed E-state index contributed by atoms with van der Waals surface area (Å²) in [5.74, 6) is 2.56. The van der Waals surface area contributed by atoms with E-state index in [-0.39, 0.29) is 12.5 Å². The first-order valence-electron chi connectivity index (χ1n) is 3.92. The minimum absolute atomic E-state index is 0.0911. The van der Waals surface area contributed by atoms with E-state index in [9.17, 15) is 4.79 Å². The summed E-state index contributed by atoms with van der Waals surface area (Å²) < 4.78 is 0. The van der Waals surface area contributed by atoms with Crippen LogP contribution in [0.5, 0.6) is 0 Å². The Morgan fingerprint density at radius 2 is 2.57 bits per heavy atom. The molecular formula is C9H9N3OS. The summed E-state index contributed by atoms with van der Waals surface area (Å²) in [4.78, 5) is 18.8. The van der Waals surface area contributed by atoms with Crippen LogP contribution in [-0.2, 0) is 4.79 Å². The normalized spacial score (nSPS) is 9.07. The van der Waals surface area contributed by atoms with Crippen molar-refractivity contribution in [1.82, 2.24) is 15.3 Å². The van der Waals surface area contributed by atoms with Gasteiger partial charge in [0.1, 0.15) is 6.33 Å². The van der Waals surface area contributed by atoms with Crippen molar-refractivity contribution < 1.29 is 4.79 Å². The highest BCUT2D eigenvalue weighted by molar-refractivity contribution is 7.99. The standard InChI is InChI=1S/C9H9N3OS/c1-2-4-11-8(13)6-14-9-3-5-10-7-12-9/h1,3,5,7H,4,6H2,(H,11,13). The maximum atomic E-state index is 11.1. The zero-order valence-corrected chi connectivity index (χ0v) is 8.25. The number of carbonyl (C=O) groups is 1. The van der Waals surface area contributed by atoms with Gasteiger partial charge in [0.2, 0.25) is 5.91 Å². The number of thioether (sulfide) groups is 1. The van der Waals surface area contributed by atoms with Crippen LogP contribution >= 0.6 is 11.8 Å². The molecule has 0 aliphatic carbocycles. The van der Waals surface area contributed by atoms with Gasteiger partial charge < -0.3 is 5.32 Å². The second-order valence-corrected chi connectivity index (χ2v) is 3.31. The molecule has 0 atom stereocenters. The summed E-state index contributed by atoms with van der Waals surface area (Å²) in [6.07, 6.45) is 8.07. The minimum atomic E-state index is -0.0911. The van der Waals surface area contributed by atoms with Crippen molar-refractivity contribution in [2.24, 2.45) is 0 Å². The molecule has 0 radical (unpaired) electrons. The second kappa shape index (κ2) is 6.00. The monoisotopic (exact) mass is 207 g/mol. The number of aromatic nitrogens is 2. The van der Waals surface area contributed by atoms with Gasteiger partial charge in [-0.3, -0.25) is 4.79 Å². The van der Waals surface area contributed by atoms with Crippen molar-refractivity contribution in [3.8, 4) is 12.3 Å². The molecule has 0 aliphatic heterocycles. The summed E-state index contributed by atoms with van der Waals surface area (Å²) in [6, 6.07) is 1.75. The molecule has 1 amide bonds. The van der Waals surface area contributed by atoms with Gasteiger partial charge in [-0.2, -0.15) is 0 Å². The van der Waals surface area contributed by atoms with E-state index in [1.807, 2.05) is 0 Å². The maximum absolute atomic E-state index is 11.1. The Balaban J connectivity index is 2.28. The third-order valence-electron chi connectivity index (χ3n) is 1.29. The highest BCUT2D eigenvalue weighted by Crippen LogP contribution is 2.11. The first-order valence-corrected chi connectivity index (χ1v) is 4.90. The van der Waals surface area contributed by atoms with Crippen molar-refractivity contribution in [2.75, 3.05) is 12.3 Å². The van der Waals surface area contributed by atoms with Gasteiger partial charge in [0.25, 0.3) is 0 Å². The summed E-state index contributed by atoms with van der Waals surface area (Å²) in [7, 11) is 0. The number of hydrogen-bond donors (Lipinski definition) is 1. The van der Waals surface area contributed by atoms with Gasteiger partial charge >= 0.3 is 0 Å². The van der Waals surface area contributed by atoms with Crippen LogP contribution in [0.1, 0.15) is 0 Å². The zero-order valence-electron chi connectivity index (χ0n) is 7.43. The topological polar surface area (TPSA) is 54.9 Å². The predicted octanol–water partition coefficient (Wildman–Crippen LogP) is 0.318. The van der Waals surface area contributed by atoms with Gasteiger partial charge in [-0.05, 0) is 6.07 Å². The van der Waals surface area contributed by atoms with Gasteiger partial charge in [0, 0.05) is 6.20 Å². The van der Waals surface area contributed by atoms with E-state index in [1.165, 1.54) is 18.1 Å². The molecule has 72 valence electrons. The molecule has 0 aromatic carbocycles. The number of carbonyl (C=O) groups excluding carboxylic acids is 1. The maximum Gasteiger partial charge on any atom is 0.231 e. The van der Waals surface area contributed by atoms with E-state index in [4.69, 9.17) is 6.42 Å². The van der Waals surface area contributed by atoms with E-state index in [0.29, 0.717) is 5.75 Å². The number of nitrogens with one attached hydrogen (secondary N) is 1. The molecule has 0 spiro atoms. The fraction of sp³-hybridized carbons (Fsp3) is 0.222. The molecule has 0 fully saturated rings. The smallest absolute Gasteiger partial charge is 0.231 e. The quantitative estimate of drug-likeness (QED) is 0.439. The molecular weight excluding hydrogens is 198 g/mol. The second-order valence-electron chi connectivity index (χ2n) is 2.32. The van der Waals surface area contributed by atoms with E-state index >= 15 is 0 Å². The third kappa shape index (κ3) is 3.92. The largest absolute Gasteiger partial charge is 0.344 e. The molecule has 1 heterocycles. The Bertz CT molecular complexity index is 334. The SMILES string of the molecule is C#CCNC(=O)CSc1ccncn1. The Morgan fingerprint density at radius 3 is 3.21 bits per heavy atom. The van der Waals surface area contributed by atoms with E-state index in [1.54, 1.807) is 12.3 Å². The fourth-order valence-corrected chi connectivity index (χ4v) is 1.36. The number of hydrogen-bond acceptors (Lipinski definition) is 4. The van der Waals surface area contributed by atoms with Gasteiger partial charge in [-0.1, -0.05) is 17.7 Å². The molecule has 1 rings (SSSR count). The molecule has 0 saturated heterocycles. The lowest BCUT2D eigenvalue weighted by Gasteiger charge is -2.00. The van der Waals surface area contributed by atoms with Crippen molar-refractivity contribution >= 4 is 17.7 Å². The number of nitrogens with zero attached hydrogens (tertiary/aromatic N) is 2. The van der Waals surface area contributed by atoms with Gasteiger partial charge in [-0.25, -0.2) is 9.97 Å². The van der Waals surface area contributed by atoms with Crippen LogP contribution in [-0.4, -0.2) is 28.2 Å². The van der Waals surface area contributed by atoms with Crippen molar-refractivity contribution in [1.29, 1.82) is 0 Å². The minimum Gasteiger partial charge on any atom is -0.344 e. The average molecular weight is 207 g/mol. The van der Waals surface area contributed by atoms with Crippen LogP contribution in [0.2, 0.25) is 0 Å². The van der Waals surface area contributed by atoms with Crippen molar-refractivity contribution in [3.63, 3.8) is 0 Å². The molecule has 14 heavy (non-hydrogen) atoms. The van der Waals surface area contributed by atoms with Crippen LogP contribution in [0.3, 0.4) is 0 Å². The Morgan fingerprint density at radius 1 is 1.71 bits per heavy atom. The number of rotatable bonds is 4. The van der Waals surface area contributed by atoms with Crippen LogP contribution in [0.4, 0.5) is 0 Å².